The number of ketones is 1. The molecule has 7 heteroatoms. The first kappa shape index (κ1) is 18.3. The maximum Gasteiger partial charge on any atom is 0.397 e. The molecule has 0 N–H and O–H groups in total. The van der Waals surface area contributed by atoms with E-state index in [1.807, 2.05) is 30.3 Å². The van der Waals surface area contributed by atoms with Crippen LogP contribution in [0.15, 0.2) is 42.7 Å². The van der Waals surface area contributed by atoms with Crippen LogP contribution in [0.4, 0.5) is 0 Å². The molecule has 0 saturated carbocycles. The molecule has 2 rings (SSSR count). The van der Waals surface area contributed by atoms with Gasteiger partial charge in [0.1, 0.15) is 11.6 Å². The lowest BCUT2D eigenvalue weighted by Crippen LogP contribution is -2.40. The number of hydrogen-bond acceptors (Lipinski definition) is 6. The second kappa shape index (κ2) is 8.68. The molecule has 1 aromatic carbocycles. The number of Topliss-reactive ketones (excluding diaryl/α,β-unsaturated/α-hetero) is 1. The lowest BCUT2D eigenvalue weighted by atomic mass is 10.1. The minimum Gasteiger partial charge on any atom is -0.459 e. The van der Waals surface area contributed by atoms with Crippen LogP contribution in [0.25, 0.3) is 11.1 Å². The molecular formula is C18H19N3O4. The second-order valence-corrected chi connectivity index (χ2v) is 5.34. The molecule has 1 aromatic heterocycles. The normalized spacial score (nSPS) is 10.2. The summed E-state index contributed by atoms with van der Waals surface area (Å²) < 4.78 is 4.70. The Hall–Kier alpha value is -3.09. The average molecular weight is 341 g/mol. The summed E-state index contributed by atoms with van der Waals surface area (Å²) in [5, 5.41) is 0. The van der Waals surface area contributed by atoms with E-state index in [-0.39, 0.29) is 25.5 Å². The van der Waals surface area contributed by atoms with Gasteiger partial charge in [-0.3, -0.25) is 9.59 Å². The molecule has 0 aliphatic carbocycles. The zero-order valence-corrected chi connectivity index (χ0v) is 14.1. The maximum atomic E-state index is 12.1. The number of carbonyl (C=O) groups is 3. The number of ether oxygens (including phenoxy) is 1. The Labute approximate surface area is 145 Å². The van der Waals surface area contributed by atoms with Crippen LogP contribution in [0.2, 0.25) is 0 Å². The lowest BCUT2D eigenvalue weighted by Gasteiger charge is -2.19. The Morgan fingerprint density at radius 1 is 1.04 bits per heavy atom. The van der Waals surface area contributed by atoms with Crippen molar-refractivity contribution in [1.29, 1.82) is 0 Å². The highest BCUT2D eigenvalue weighted by atomic mass is 16.5. The summed E-state index contributed by atoms with van der Waals surface area (Å²) in [6, 6.07) is 9.61. The fraction of sp³-hybridized carbons (Fsp3) is 0.278. The summed E-state index contributed by atoms with van der Waals surface area (Å²) in [5.41, 5.74) is 1.80. The monoisotopic (exact) mass is 341 g/mol. The van der Waals surface area contributed by atoms with E-state index in [0.29, 0.717) is 5.82 Å². The zero-order valence-electron chi connectivity index (χ0n) is 14.1. The Bertz CT molecular complexity index is 745. The van der Waals surface area contributed by atoms with Crippen LogP contribution in [0.5, 0.6) is 0 Å². The lowest BCUT2D eigenvalue weighted by molar-refractivity contribution is -0.160. The number of benzene rings is 1. The molecule has 2 aromatic rings. The molecule has 0 unspecified atom stereocenters. The van der Waals surface area contributed by atoms with Crippen molar-refractivity contribution in [3.63, 3.8) is 0 Å². The smallest absolute Gasteiger partial charge is 0.397 e. The average Bonchev–Trinajstić information content (AvgIpc) is 2.62. The molecule has 0 radical (unpaired) electrons. The highest BCUT2D eigenvalue weighted by Crippen LogP contribution is 2.16. The molecular weight excluding hydrogens is 322 g/mol. The van der Waals surface area contributed by atoms with E-state index in [1.165, 1.54) is 6.92 Å². The first-order chi connectivity index (χ1) is 12.0. The molecule has 7 nitrogen and oxygen atoms in total. The van der Waals surface area contributed by atoms with Gasteiger partial charge < -0.3 is 9.64 Å². The summed E-state index contributed by atoms with van der Waals surface area (Å²) in [6.45, 7) is 2.77. The van der Waals surface area contributed by atoms with Crippen LogP contribution in [-0.2, 0) is 25.7 Å². The Morgan fingerprint density at radius 2 is 1.68 bits per heavy atom. The zero-order chi connectivity index (χ0) is 18.2. The fourth-order valence-corrected chi connectivity index (χ4v) is 2.18. The van der Waals surface area contributed by atoms with Crippen molar-refractivity contribution in [2.24, 2.45) is 0 Å². The van der Waals surface area contributed by atoms with E-state index < -0.39 is 11.9 Å². The topological polar surface area (TPSA) is 89.5 Å². The molecule has 1 heterocycles. The van der Waals surface area contributed by atoms with Crippen molar-refractivity contribution in [2.75, 3.05) is 13.2 Å². The molecule has 0 fully saturated rings. The largest absolute Gasteiger partial charge is 0.459 e. The van der Waals surface area contributed by atoms with Crippen molar-refractivity contribution in [1.82, 2.24) is 14.9 Å². The van der Waals surface area contributed by atoms with E-state index in [0.717, 1.165) is 16.0 Å². The van der Waals surface area contributed by atoms with Crippen LogP contribution >= 0.6 is 0 Å². The summed E-state index contributed by atoms with van der Waals surface area (Å²) in [5.74, 6) is -1.80. The van der Waals surface area contributed by atoms with Crippen LogP contribution in [0, 0.1) is 0 Å². The van der Waals surface area contributed by atoms with Gasteiger partial charge in [0.25, 0.3) is 0 Å². The summed E-state index contributed by atoms with van der Waals surface area (Å²) >= 11 is 0. The third-order valence-corrected chi connectivity index (χ3v) is 3.30. The van der Waals surface area contributed by atoms with Crippen molar-refractivity contribution < 1.29 is 19.1 Å². The standard InChI is InChI=1S/C18H19N3O4/c1-3-25-18(24)17(23)21(11-13(2)22)12-16-19-9-15(10-20-16)14-7-5-4-6-8-14/h4-10H,3,11-12H2,1-2H3. The van der Waals surface area contributed by atoms with Gasteiger partial charge in [0.15, 0.2) is 0 Å². The van der Waals surface area contributed by atoms with E-state index >= 15 is 0 Å². The summed E-state index contributed by atoms with van der Waals surface area (Å²) in [4.78, 5) is 44.6. The van der Waals surface area contributed by atoms with Gasteiger partial charge in [-0.25, -0.2) is 14.8 Å². The Kier molecular flexibility index (Phi) is 6.33. The van der Waals surface area contributed by atoms with Crippen LogP contribution < -0.4 is 0 Å². The minimum absolute atomic E-state index is 0.0493. The number of amides is 1. The van der Waals surface area contributed by atoms with E-state index in [4.69, 9.17) is 4.74 Å². The van der Waals surface area contributed by atoms with Gasteiger partial charge in [-0.1, -0.05) is 30.3 Å². The minimum atomic E-state index is -0.996. The fourth-order valence-electron chi connectivity index (χ4n) is 2.18. The van der Waals surface area contributed by atoms with Gasteiger partial charge in [-0.2, -0.15) is 0 Å². The van der Waals surface area contributed by atoms with Gasteiger partial charge in [0.2, 0.25) is 0 Å². The van der Waals surface area contributed by atoms with Gasteiger partial charge >= 0.3 is 11.9 Å². The third-order valence-electron chi connectivity index (χ3n) is 3.30. The molecule has 25 heavy (non-hydrogen) atoms. The van der Waals surface area contributed by atoms with Gasteiger partial charge in [-0.05, 0) is 19.4 Å². The van der Waals surface area contributed by atoms with Gasteiger partial charge in [0, 0.05) is 18.0 Å². The highest BCUT2D eigenvalue weighted by Gasteiger charge is 2.25. The Morgan fingerprint density at radius 3 is 2.24 bits per heavy atom. The molecule has 0 aliphatic rings. The number of aromatic nitrogens is 2. The quantitative estimate of drug-likeness (QED) is 0.586. The van der Waals surface area contributed by atoms with Crippen molar-refractivity contribution in [3.05, 3.63) is 48.5 Å². The number of carbonyl (C=O) groups excluding carboxylic acids is 3. The highest BCUT2D eigenvalue weighted by molar-refractivity contribution is 6.32. The van der Waals surface area contributed by atoms with Crippen molar-refractivity contribution in [2.45, 2.75) is 20.4 Å². The second-order valence-electron chi connectivity index (χ2n) is 5.34. The number of nitrogens with zero attached hydrogens (tertiary/aromatic N) is 3. The molecule has 0 aliphatic heterocycles. The predicted octanol–water partition coefficient (Wildman–Crippen LogP) is 1.62. The summed E-state index contributed by atoms with van der Waals surface area (Å²) in [6.07, 6.45) is 3.27. The van der Waals surface area contributed by atoms with Crippen LogP contribution in [0.3, 0.4) is 0 Å². The summed E-state index contributed by atoms with van der Waals surface area (Å²) in [7, 11) is 0. The van der Waals surface area contributed by atoms with E-state index in [9.17, 15) is 14.4 Å². The molecule has 1 amide bonds. The molecule has 0 bridgehead atoms. The van der Waals surface area contributed by atoms with Crippen LogP contribution in [-0.4, -0.2) is 45.7 Å². The number of esters is 1. The first-order valence-electron chi connectivity index (χ1n) is 7.83. The van der Waals surface area contributed by atoms with Gasteiger partial charge in [0.05, 0.1) is 19.7 Å². The van der Waals surface area contributed by atoms with E-state index in [1.54, 1.807) is 19.3 Å². The Balaban J connectivity index is 2.14. The van der Waals surface area contributed by atoms with Gasteiger partial charge in [-0.15, -0.1) is 0 Å². The SMILES string of the molecule is CCOC(=O)C(=O)N(CC(C)=O)Cc1ncc(-c2ccccc2)cn1. The predicted molar refractivity (Wildman–Crippen MR) is 90.2 cm³/mol. The van der Waals surface area contributed by atoms with E-state index in [2.05, 4.69) is 9.97 Å². The molecule has 130 valence electrons. The first-order valence-corrected chi connectivity index (χ1v) is 7.83. The third kappa shape index (κ3) is 5.20. The molecule has 0 saturated heterocycles. The maximum absolute atomic E-state index is 12.1. The number of rotatable bonds is 6. The molecule has 0 spiro atoms. The van der Waals surface area contributed by atoms with Crippen molar-refractivity contribution >= 4 is 17.7 Å². The van der Waals surface area contributed by atoms with Crippen LogP contribution in [0.1, 0.15) is 19.7 Å². The molecule has 0 atom stereocenters. The van der Waals surface area contributed by atoms with Crippen molar-refractivity contribution in [3.8, 4) is 11.1 Å². The number of hydrogen-bond donors (Lipinski definition) is 0.